The second-order valence-corrected chi connectivity index (χ2v) is 8.40. The number of nitrogens with one attached hydrogen (secondary N) is 1. The highest BCUT2D eigenvalue weighted by molar-refractivity contribution is 7.90. The summed E-state index contributed by atoms with van der Waals surface area (Å²) in [6.45, 7) is 3.46. The number of amides is 1. The molecule has 0 aliphatic rings. The topological polar surface area (TPSA) is 153 Å². The van der Waals surface area contributed by atoms with Crippen LogP contribution in [-0.4, -0.2) is 42.7 Å². The van der Waals surface area contributed by atoms with Crippen LogP contribution in [0.2, 0.25) is 0 Å². The van der Waals surface area contributed by atoms with Gasteiger partial charge in [0.05, 0.1) is 27.2 Å². The molecular formula is C18H18N2O8S. The highest BCUT2D eigenvalue weighted by Gasteiger charge is 2.20. The fraction of sp³-hybridized carbons (Fsp3) is 0.222. The summed E-state index contributed by atoms with van der Waals surface area (Å²) < 4.78 is 29.1. The summed E-state index contributed by atoms with van der Waals surface area (Å²) >= 11 is 0. The third-order valence-electron chi connectivity index (χ3n) is 3.63. The van der Waals surface area contributed by atoms with Crippen LogP contribution in [-0.2, 0) is 9.84 Å². The normalized spacial score (nSPS) is 11.2. The van der Waals surface area contributed by atoms with Gasteiger partial charge in [0.1, 0.15) is 5.75 Å². The van der Waals surface area contributed by atoms with E-state index in [4.69, 9.17) is 9.84 Å². The lowest BCUT2D eigenvalue weighted by Crippen LogP contribution is -2.16. The first-order chi connectivity index (χ1) is 13.4. The molecule has 0 saturated carbocycles. The molecule has 0 fully saturated rings. The van der Waals surface area contributed by atoms with E-state index in [1.165, 1.54) is 18.2 Å². The van der Waals surface area contributed by atoms with Gasteiger partial charge in [-0.25, -0.2) is 13.2 Å². The Labute approximate surface area is 166 Å². The fourth-order valence-corrected chi connectivity index (χ4v) is 3.02. The summed E-state index contributed by atoms with van der Waals surface area (Å²) in [4.78, 5) is 33.8. The number of hydrogen-bond donors (Lipinski definition) is 2. The number of aromatic carboxylic acids is 1. The minimum Gasteiger partial charge on any atom is -0.489 e. The molecule has 2 N–H and O–H groups in total. The van der Waals surface area contributed by atoms with Gasteiger partial charge in [0.15, 0.2) is 9.84 Å². The van der Waals surface area contributed by atoms with Crippen molar-refractivity contribution in [2.75, 3.05) is 11.6 Å². The van der Waals surface area contributed by atoms with Crippen molar-refractivity contribution in [2.24, 2.45) is 0 Å². The molecule has 0 radical (unpaired) electrons. The highest BCUT2D eigenvalue weighted by Crippen LogP contribution is 2.28. The maximum absolute atomic E-state index is 12.7. The van der Waals surface area contributed by atoms with Crippen molar-refractivity contribution in [3.8, 4) is 5.75 Å². The van der Waals surface area contributed by atoms with E-state index >= 15 is 0 Å². The molecule has 2 aromatic rings. The van der Waals surface area contributed by atoms with Gasteiger partial charge >= 0.3 is 5.97 Å². The van der Waals surface area contributed by atoms with Crippen molar-refractivity contribution in [1.82, 2.24) is 0 Å². The third kappa shape index (κ3) is 5.51. The van der Waals surface area contributed by atoms with Gasteiger partial charge < -0.3 is 15.2 Å². The monoisotopic (exact) mass is 422 g/mol. The van der Waals surface area contributed by atoms with Crippen LogP contribution in [0.3, 0.4) is 0 Å². The molecule has 2 aromatic carbocycles. The fourth-order valence-electron chi connectivity index (χ4n) is 2.35. The molecule has 0 atom stereocenters. The molecule has 11 heteroatoms. The van der Waals surface area contributed by atoms with Crippen LogP contribution in [0.1, 0.15) is 34.6 Å². The largest absolute Gasteiger partial charge is 0.489 e. The molecule has 0 aromatic heterocycles. The van der Waals surface area contributed by atoms with Crippen molar-refractivity contribution < 1.29 is 32.8 Å². The van der Waals surface area contributed by atoms with Crippen molar-refractivity contribution in [3.05, 3.63) is 57.6 Å². The number of non-ortho nitro benzene ring substituents is 1. The summed E-state index contributed by atoms with van der Waals surface area (Å²) in [6, 6.07) is 6.62. The van der Waals surface area contributed by atoms with Crippen molar-refractivity contribution in [3.63, 3.8) is 0 Å². The van der Waals surface area contributed by atoms with Gasteiger partial charge in [0, 0.05) is 24.0 Å². The number of nitro groups is 1. The quantitative estimate of drug-likeness (QED) is 0.510. The van der Waals surface area contributed by atoms with Crippen LogP contribution in [0.15, 0.2) is 41.3 Å². The standard InChI is InChI=1S/C18H18N2O8S/c1-10(2)28-16-5-4-11(18(22)23)8-15(16)19-17(21)12-6-13(20(24)25)9-14(7-12)29(3,26)27/h4-10H,1-3H3,(H,19,21)(H,22,23). The molecule has 154 valence electrons. The van der Waals surface area contributed by atoms with E-state index in [9.17, 15) is 28.1 Å². The van der Waals surface area contributed by atoms with Crippen LogP contribution in [0.5, 0.6) is 5.75 Å². The highest BCUT2D eigenvalue weighted by atomic mass is 32.2. The van der Waals surface area contributed by atoms with Crippen molar-refractivity contribution >= 4 is 33.1 Å². The van der Waals surface area contributed by atoms with E-state index in [0.29, 0.717) is 0 Å². The number of carbonyl (C=O) groups excluding carboxylic acids is 1. The van der Waals surface area contributed by atoms with Crippen molar-refractivity contribution in [1.29, 1.82) is 0 Å². The first-order valence-corrected chi connectivity index (χ1v) is 10.1. The molecule has 0 aliphatic carbocycles. The summed E-state index contributed by atoms with van der Waals surface area (Å²) in [5.41, 5.74) is -0.949. The van der Waals surface area contributed by atoms with Gasteiger partial charge in [-0.1, -0.05) is 0 Å². The van der Waals surface area contributed by atoms with Crippen LogP contribution in [0, 0.1) is 10.1 Å². The Hall–Kier alpha value is -3.47. The molecule has 0 aliphatic heterocycles. The van der Waals surface area contributed by atoms with Crippen LogP contribution in [0.25, 0.3) is 0 Å². The summed E-state index contributed by atoms with van der Waals surface area (Å²) in [5.74, 6) is -1.91. The molecule has 0 spiro atoms. The number of sulfone groups is 1. The van der Waals surface area contributed by atoms with E-state index in [1.807, 2.05) is 0 Å². The first kappa shape index (κ1) is 21.8. The SMILES string of the molecule is CC(C)Oc1ccc(C(=O)O)cc1NC(=O)c1cc([N+](=O)[O-])cc(S(C)(=O)=O)c1. The molecule has 0 bridgehead atoms. The number of anilines is 1. The molecular weight excluding hydrogens is 404 g/mol. The molecule has 29 heavy (non-hydrogen) atoms. The second-order valence-electron chi connectivity index (χ2n) is 6.38. The molecule has 0 unspecified atom stereocenters. The Kier molecular flexibility index (Phi) is 6.22. The number of carboxylic acids is 1. The number of nitro benzene ring substituents is 1. The van der Waals surface area contributed by atoms with Gasteiger partial charge in [-0.3, -0.25) is 14.9 Å². The van der Waals surface area contributed by atoms with Gasteiger partial charge in [-0.15, -0.1) is 0 Å². The lowest BCUT2D eigenvalue weighted by Gasteiger charge is -2.16. The van der Waals surface area contributed by atoms with E-state index in [1.54, 1.807) is 13.8 Å². The van der Waals surface area contributed by atoms with Crippen LogP contribution < -0.4 is 10.1 Å². The Morgan fingerprint density at radius 1 is 1.14 bits per heavy atom. The maximum atomic E-state index is 12.7. The number of ether oxygens (including phenoxy) is 1. The number of benzene rings is 2. The number of carboxylic acid groups (broad SMARTS) is 1. The number of nitrogens with zero attached hydrogens (tertiary/aromatic N) is 1. The Balaban J connectivity index is 2.51. The zero-order valence-corrected chi connectivity index (χ0v) is 16.5. The molecule has 10 nitrogen and oxygen atoms in total. The summed E-state index contributed by atoms with van der Waals surface area (Å²) in [7, 11) is -3.82. The van der Waals surface area contributed by atoms with Crippen molar-refractivity contribution in [2.45, 2.75) is 24.8 Å². The lowest BCUT2D eigenvalue weighted by atomic mass is 10.1. The maximum Gasteiger partial charge on any atom is 0.335 e. The van der Waals surface area contributed by atoms with Gasteiger partial charge in [0.25, 0.3) is 11.6 Å². The number of rotatable bonds is 7. The van der Waals surface area contributed by atoms with E-state index in [-0.39, 0.29) is 28.7 Å². The minimum atomic E-state index is -3.82. The zero-order valence-electron chi connectivity index (χ0n) is 15.7. The predicted octanol–water partition coefficient (Wildman–Crippen LogP) is 2.74. The number of hydrogen-bond acceptors (Lipinski definition) is 7. The van der Waals surface area contributed by atoms with Crippen LogP contribution in [0.4, 0.5) is 11.4 Å². The molecule has 1 amide bonds. The smallest absolute Gasteiger partial charge is 0.335 e. The Morgan fingerprint density at radius 3 is 2.31 bits per heavy atom. The van der Waals surface area contributed by atoms with E-state index < -0.39 is 37.2 Å². The first-order valence-electron chi connectivity index (χ1n) is 8.23. The minimum absolute atomic E-state index is 0.0241. The molecule has 2 rings (SSSR count). The zero-order chi connectivity index (χ0) is 21.9. The Bertz CT molecular complexity index is 1090. The van der Waals surface area contributed by atoms with Gasteiger partial charge in [0.2, 0.25) is 0 Å². The predicted molar refractivity (Wildman–Crippen MR) is 103 cm³/mol. The Morgan fingerprint density at radius 2 is 1.79 bits per heavy atom. The molecule has 0 saturated heterocycles. The van der Waals surface area contributed by atoms with Gasteiger partial charge in [-0.05, 0) is 38.1 Å². The summed E-state index contributed by atoms with van der Waals surface area (Å²) in [5, 5.41) is 22.7. The van der Waals surface area contributed by atoms with Crippen LogP contribution >= 0.6 is 0 Å². The van der Waals surface area contributed by atoms with E-state index in [0.717, 1.165) is 24.5 Å². The average molecular weight is 422 g/mol. The second kappa shape index (κ2) is 8.27. The molecule has 0 heterocycles. The van der Waals surface area contributed by atoms with E-state index in [2.05, 4.69) is 5.32 Å². The van der Waals surface area contributed by atoms with Gasteiger partial charge in [-0.2, -0.15) is 0 Å². The average Bonchev–Trinajstić information content (AvgIpc) is 2.61. The number of carbonyl (C=O) groups is 2. The lowest BCUT2D eigenvalue weighted by molar-refractivity contribution is -0.385. The third-order valence-corrected chi connectivity index (χ3v) is 4.72. The summed E-state index contributed by atoms with van der Waals surface area (Å²) in [6.07, 6.45) is 0.578.